The zero-order chi connectivity index (χ0) is 10.9. The molecule has 0 fully saturated rings. The molecule has 0 saturated heterocycles. The molecular weight excluding hydrogens is 375 g/mol. The lowest BCUT2D eigenvalue weighted by Crippen LogP contribution is -3.00. The first-order chi connectivity index (χ1) is 6.50. The lowest BCUT2D eigenvalue weighted by Gasteiger charge is -1.98. The minimum atomic E-state index is -0.284. The van der Waals surface area contributed by atoms with Crippen molar-refractivity contribution in [3.8, 4) is 0 Å². The van der Waals surface area contributed by atoms with Crippen molar-refractivity contribution in [2.45, 2.75) is 13.8 Å². The fourth-order valence-electron chi connectivity index (χ4n) is 1.34. The number of imidazole rings is 1. The lowest BCUT2D eigenvalue weighted by atomic mass is 10.3. The van der Waals surface area contributed by atoms with Gasteiger partial charge in [-0.05, 0) is 6.92 Å². The maximum Gasteiger partial charge on any atom is 0.382 e. The fourth-order valence-corrected chi connectivity index (χ4v) is 1.78. The van der Waals surface area contributed by atoms with Crippen molar-refractivity contribution < 1.29 is 38.1 Å². The molecule has 0 unspecified atom stereocenters. The van der Waals surface area contributed by atoms with Crippen molar-refractivity contribution in [3.63, 3.8) is 0 Å². The van der Waals surface area contributed by atoms with Gasteiger partial charge in [-0.25, -0.2) is 13.9 Å². The van der Waals surface area contributed by atoms with Gasteiger partial charge in [0, 0.05) is 22.9 Å². The number of carbonyl (C=O) groups is 1. The molecule has 0 radical (unpaired) electrons. The van der Waals surface area contributed by atoms with Gasteiger partial charge in [0.25, 0.3) is 5.69 Å². The van der Waals surface area contributed by atoms with Gasteiger partial charge in [-0.2, -0.15) is 0 Å². The molecule has 1 aromatic heterocycles. The van der Waals surface area contributed by atoms with Gasteiger partial charge in [-0.3, -0.25) is 0 Å². The summed E-state index contributed by atoms with van der Waals surface area (Å²) < 4.78 is 9.48. The number of carbonyl (C=O) groups excluding carboxylic acids is 1. The Morgan fingerprint density at radius 2 is 2.13 bits per heavy atom. The van der Waals surface area contributed by atoms with Crippen molar-refractivity contribution in [2.75, 3.05) is 6.61 Å². The Bertz CT molecular complexity index is 351. The van der Waals surface area contributed by atoms with Gasteiger partial charge in [0.05, 0.1) is 20.7 Å². The van der Waals surface area contributed by atoms with E-state index in [1.54, 1.807) is 11.5 Å². The van der Waals surface area contributed by atoms with E-state index in [1.165, 1.54) is 0 Å². The molecule has 4 nitrogen and oxygen atoms in total. The van der Waals surface area contributed by atoms with E-state index in [-0.39, 0.29) is 29.9 Å². The van der Waals surface area contributed by atoms with E-state index in [2.05, 4.69) is 15.9 Å². The van der Waals surface area contributed by atoms with Crippen LogP contribution >= 0.6 is 15.9 Å². The average molecular weight is 389 g/mol. The molecule has 0 N–H and O–H groups in total. The summed E-state index contributed by atoms with van der Waals surface area (Å²) in [5.41, 5.74) is 1.47. The van der Waals surface area contributed by atoms with Crippen molar-refractivity contribution in [1.82, 2.24) is 4.57 Å². The monoisotopic (exact) mass is 388 g/mol. The summed E-state index contributed by atoms with van der Waals surface area (Å²) in [6.07, 6.45) is 0. The Balaban J connectivity index is 0.00000196. The van der Waals surface area contributed by atoms with E-state index in [9.17, 15) is 4.79 Å². The summed E-state index contributed by atoms with van der Waals surface area (Å²) in [5, 5.41) is 0. The van der Waals surface area contributed by atoms with E-state index >= 15 is 0 Å². The highest BCUT2D eigenvalue weighted by Crippen LogP contribution is 2.12. The molecule has 0 aromatic carbocycles. The van der Waals surface area contributed by atoms with Crippen LogP contribution in [0.2, 0.25) is 0 Å². The predicted octanol–water partition coefficient (Wildman–Crippen LogP) is -1.90. The highest BCUT2D eigenvalue weighted by molar-refractivity contribution is 9.10. The smallest absolute Gasteiger partial charge is 0.382 e. The molecule has 0 aliphatic carbocycles. The van der Waals surface area contributed by atoms with Crippen LogP contribution in [0.1, 0.15) is 23.1 Å². The molecule has 0 saturated carbocycles. The molecule has 0 amide bonds. The Labute approximate surface area is 115 Å². The van der Waals surface area contributed by atoms with Gasteiger partial charge < -0.3 is 28.7 Å². The van der Waals surface area contributed by atoms with Gasteiger partial charge in [0.1, 0.15) is 0 Å². The van der Waals surface area contributed by atoms with Gasteiger partial charge in [-0.15, -0.1) is 0 Å². The number of rotatable bonds is 2. The first-order valence-corrected chi connectivity index (χ1v) is 5.17. The molecule has 86 valence electrons. The largest absolute Gasteiger partial charge is 1.00 e. The molecule has 6 heteroatoms. The summed E-state index contributed by atoms with van der Waals surface area (Å²) in [6.45, 7) is 4.08. The SMILES string of the molecule is CCOC(=O)c1c(C)n(C)c(Br)[n+]1C.[I-]. The maximum atomic E-state index is 11.6. The number of ether oxygens (including phenoxy) is 1. The van der Waals surface area contributed by atoms with Gasteiger partial charge in [-0.1, -0.05) is 0 Å². The van der Waals surface area contributed by atoms with Gasteiger partial charge in [0.15, 0.2) is 5.69 Å². The third-order valence-electron chi connectivity index (χ3n) is 2.20. The van der Waals surface area contributed by atoms with E-state index in [0.717, 1.165) is 10.4 Å². The Morgan fingerprint density at radius 1 is 1.60 bits per heavy atom. The van der Waals surface area contributed by atoms with Crippen molar-refractivity contribution in [3.05, 3.63) is 16.1 Å². The maximum absolute atomic E-state index is 11.6. The summed E-state index contributed by atoms with van der Waals surface area (Å²) >= 11 is 3.39. The van der Waals surface area contributed by atoms with Gasteiger partial charge >= 0.3 is 10.7 Å². The Morgan fingerprint density at radius 3 is 2.47 bits per heavy atom. The van der Waals surface area contributed by atoms with Crippen molar-refractivity contribution in [2.24, 2.45) is 14.1 Å². The number of aromatic nitrogens is 2. The first-order valence-electron chi connectivity index (χ1n) is 4.38. The first kappa shape index (κ1) is 14.9. The predicted molar refractivity (Wildman–Crippen MR) is 55.0 cm³/mol. The Hall–Kier alpha value is -0.110. The number of esters is 1. The second-order valence-electron chi connectivity index (χ2n) is 3.04. The minimum Gasteiger partial charge on any atom is -1.00 e. The molecule has 15 heavy (non-hydrogen) atoms. The normalized spacial score (nSPS) is 9.67. The van der Waals surface area contributed by atoms with Crippen LogP contribution in [0, 0.1) is 6.92 Å². The van der Waals surface area contributed by atoms with Crippen LogP contribution in [0.15, 0.2) is 4.73 Å². The summed E-state index contributed by atoms with van der Waals surface area (Å²) in [6, 6.07) is 0. The lowest BCUT2D eigenvalue weighted by molar-refractivity contribution is -0.684. The van der Waals surface area contributed by atoms with Crippen LogP contribution in [0.5, 0.6) is 0 Å². The third kappa shape index (κ3) is 2.72. The molecule has 1 aromatic rings. The molecule has 1 rings (SSSR count). The zero-order valence-electron chi connectivity index (χ0n) is 9.17. The van der Waals surface area contributed by atoms with Gasteiger partial charge in [0.2, 0.25) is 0 Å². The van der Waals surface area contributed by atoms with Crippen LogP contribution in [-0.4, -0.2) is 17.1 Å². The Kier molecular flexibility index (Phi) is 5.79. The molecule has 0 aliphatic rings. The van der Waals surface area contributed by atoms with Crippen LogP contribution in [0.4, 0.5) is 0 Å². The number of hydrogen-bond acceptors (Lipinski definition) is 2. The topological polar surface area (TPSA) is 35.1 Å². The molecule has 0 atom stereocenters. The average Bonchev–Trinajstić information content (AvgIpc) is 2.32. The highest BCUT2D eigenvalue weighted by atomic mass is 127. The summed E-state index contributed by atoms with van der Waals surface area (Å²) in [4.78, 5) is 11.6. The van der Waals surface area contributed by atoms with E-state index in [1.807, 2.05) is 25.6 Å². The van der Waals surface area contributed by atoms with Crippen molar-refractivity contribution >= 4 is 21.9 Å². The fraction of sp³-hybridized carbons (Fsp3) is 0.556. The van der Waals surface area contributed by atoms with E-state index in [4.69, 9.17) is 4.74 Å². The molecule has 1 heterocycles. The number of halogens is 2. The van der Waals surface area contributed by atoms with Crippen molar-refractivity contribution in [1.29, 1.82) is 0 Å². The second-order valence-corrected chi connectivity index (χ2v) is 3.75. The highest BCUT2D eigenvalue weighted by Gasteiger charge is 2.28. The zero-order valence-corrected chi connectivity index (χ0v) is 12.9. The van der Waals surface area contributed by atoms with Crippen LogP contribution in [-0.2, 0) is 18.8 Å². The second kappa shape index (κ2) is 5.83. The molecule has 0 bridgehead atoms. The molecule has 0 aliphatic heterocycles. The standard InChI is InChI=1S/C9H14BrN2O2.HI/c1-5-14-8(13)7-6(2)11(3)9(10)12(7)4;/h5H2,1-4H3;1H/q+1;/p-1. The summed E-state index contributed by atoms with van der Waals surface area (Å²) in [5.74, 6) is -0.284. The van der Waals surface area contributed by atoms with E-state index < -0.39 is 0 Å². The summed E-state index contributed by atoms with van der Waals surface area (Å²) in [7, 11) is 3.71. The molecule has 0 spiro atoms. The van der Waals surface area contributed by atoms with Crippen LogP contribution < -0.4 is 28.5 Å². The number of nitrogens with zero attached hydrogens (tertiary/aromatic N) is 2. The quantitative estimate of drug-likeness (QED) is 0.337. The van der Waals surface area contributed by atoms with Crippen LogP contribution in [0.3, 0.4) is 0 Å². The van der Waals surface area contributed by atoms with Crippen LogP contribution in [0.25, 0.3) is 0 Å². The minimum absolute atomic E-state index is 0. The number of hydrogen-bond donors (Lipinski definition) is 0. The van der Waals surface area contributed by atoms with E-state index in [0.29, 0.717) is 12.3 Å². The third-order valence-corrected chi connectivity index (χ3v) is 3.27. The molecular formula is C9H14BrIN2O2.